The van der Waals surface area contributed by atoms with E-state index in [1.54, 1.807) is 0 Å². The summed E-state index contributed by atoms with van der Waals surface area (Å²) in [6.45, 7) is 4.83. The second-order valence-corrected chi connectivity index (χ2v) is 6.34. The van der Waals surface area contributed by atoms with Crippen molar-refractivity contribution in [1.29, 1.82) is 0 Å². The van der Waals surface area contributed by atoms with E-state index in [0.29, 0.717) is 0 Å². The van der Waals surface area contributed by atoms with Crippen molar-refractivity contribution in [2.75, 3.05) is 20.1 Å². The third kappa shape index (κ3) is 4.26. The molecule has 1 N–H and O–H groups in total. The van der Waals surface area contributed by atoms with Gasteiger partial charge in [-0.1, -0.05) is 32.6 Å². The predicted molar refractivity (Wildman–Crippen MR) is 74.3 cm³/mol. The van der Waals surface area contributed by atoms with Crippen LogP contribution in [0, 0.1) is 5.92 Å². The Kier molecular flexibility index (Phi) is 5.30. The maximum absolute atomic E-state index is 3.72. The van der Waals surface area contributed by atoms with Gasteiger partial charge in [-0.2, -0.15) is 0 Å². The lowest BCUT2D eigenvalue weighted by atomic mass is 9.86. The van der Waals surface area contributed by atoms with Crippen LogP contribution in [0.4, 0.5) is 0 Å². The lowest BCUT2D eigenvalue weighted by molar-refractivity contribution is 0.163. The van der Waals surface area contributed by atoms with Gasteiger partial charge in [0.1, 0.15) is 0 Å². The second kappa shape index (κ2) is 6.75. The first-order chi connectivity index (χ1) is 8.25. The Morgan fingerprint density at radius 1 is 1.06 bits per heavy atom. The van der Waals surface area contributed by atoms with Crippen LogP contribution in [0.1, 0.15) is 58.3 Å². The first-order valence-electron chi connectivity index (χ1n) is 7.69. The fourth-order valence-corrected chi connectivity index (χ4v) is 3.56. The molecule has 2 unspecified atom stereocenters. The summed E-state index contributed by atoms with van der Waals surface area (Å²) in [4.78, 5) is 2.59. The standard InChI is InChI=1S/C15H30N2/c1-13-6-5-9-15(12-13)17(2)11-10-16-14-7-3-4-8-14/h13-16H,3-12H2,1-2H3. The Labute approximate surface area is 107 Å². The van der Waals surface area contributed by atoms with Crippen LogP contribution in [0.25, 0.3) is 0 Å². The van der Waals surface area contributed by atoms with Crippen molar-refractivity contribution < 1.29 is 0 Å². The maximum Gasteiger partial charge on any atom is 0.0107 e. The molecule has 2 rings (SSSR count). The van der Waals surface area contributed by atoms with Crippen molar-refractivity contribution in [3.8, 4) is 0 Å². The minimum atomic E-state index is 0.827. The van der Waals surface area contributed by atoms with Gasteiger partial charge in [0.25, 0.3) is 0 Å². The minimum absolute atomic E-state index is 0.827. The molecule has 0 bridgehead atoms. The van der Waals surface area contributed by atoms with E-state index in [2.05, 4.69) is 24.2 Å². The number of likely N-dealkylation sites (N-methyl/N-ethyl adjacent to an activating group) is 1. The van der Waals surface area contributed by atoms with E-state index in [0.717, 1.165) is 18.0 Å². The van der Waals surface area contributed by atoms with Crippen LogP contribution in [0.15, 0.2) is 0 Å². The summed E-state index contributed by atoms with van der Waals surface area (Å²) < 4.78 is 0. The highest BCUT2D eigenvalue weighted by Gasteiger charge is 2.22. The van der Waals surface area contributed by atoms with Crippen LogP contribution < -0.4 is 5.32 Å². The van der Waals surface area contributed by atoms with E-state index >= 15 is 0 Å². The molecule has 0 spiro atoms. The molecule has 100 valence electrons. The van der Waals surface area contributed by atoms with Gasteiger partial charge in [0.05, 0.1) is 0 Å². The smallest absolute Gasteiger partial charge is 0.0107 e. The van der Waals surface area contributed by atoms with Crippen LogP contribution in [0.2, 0.25) is 0 Å². The Hall–Kier alpha value is -0.0800. The fourth-order valence-electron chi connectivity index (χ4n) is 3.56. The number of nitrogens with one attached hydrogen (secondary N) is 1. The average Bonchev–Trinajstić information content (AvgIpc) is 2.82. The molecule has 17 heavy (non-hydrogen) atoms. The summed E-state index contributed by atoms with van der Waals surface area (Å²) in [6, 6.07) is 1.68. The van der Waals surface area contributed by atoms with Crippen LogP contribution in [0.3, 0.4) is 0 Å². The summed E-state index contributed by atoms with van der Waals surface area (Å²) in [5.41, 5.74) is 0. The molecule has 2 fully saturated rings. The SMILES string of the molecule is CC1CCCC(N(C)CCNC2CCCC2)C1. The second-order valence-electron chi connectivity index (χ2n) is 6.34. The molecule has 2 heteroatoms. The normalized spacial score (nSPS) is 31.2. The van der Waals surface area contributed by atoms with Crippen LogP contribution in [0.5, 0.6) is 0 Å². The molecule has 0 aromatic carbocycles. The molecular formula is C15H30N2. The van der Waals surface area contributed by atoms with Crippen molar-refractivity contribution in [2.24, 2.45) is 5.92 Å². The zero-order valence-electron chi connectivity index (χ0n) is 11.8. The third-order valence-electron chi connectivity index (χ3n) is 4.78. The molecule has 2 atom stereocenters. The molecule has 2 aliphatic rings. The minimum Gasteiger partial charge on any atom is -0.313 e. The zero-order valence-corrected chi connectivity index (χ0v) is 11.8. The van der Waals surface area contributed by atoms with E-state index in [4.69, 9.17) is 0 Å². The summed E-state index contributed by atoms with van der Waals surface area (Å²) in [6.07, 6.45) is 11.4. The molecule has 0 aromatic rings. The van der Waals surface area contributed by atoms with E-state index in [-0.39, 0.29) is 0 Å². The molecule has 2 nitrogen and oxygen atoms in total. The van der Waals surface area contributed by atoms with Crippen molar-refractivity contribution in [2.45, 2.75) is 70.4 Å². The number of nitrogens with zero attached hydrogens (tertiary/aromatic N) is 1. The van der Waals surface area contributed by atoms with Gasteiger partial charge >= 0.3 is 0 Å². The fraction of sp³-hybridized carbons (Fsp3) is 1.00. The molecule has 2 saturated carbocycles. The van der Waals surface area contributed by atoms with Crippen molar-refractivity contribution >= 4 is 0 Å². The molecule has 2 aliphatic carbocycles. The van der Waals surface area contributed by atoms with Crippen molar-refractivity contribution in [3.05, 3.63) is 0 Å². The molecule has 0 saturated heterocycles. The van der Waals surface area contributed by atoms with Crippen LogP contribution in [-0.4, -0.2) is 37.1 Å². The Balaban J connectivity index is 1.60. The quantitative estimate of drug-likeness (QED) is 0.792. The Bertz CT molecular complexity index is 211. The maximum atomic E-state index is 3.72. The highest BCUT2D eigenvalue weighted by atomic mass is 15.1. The molecule has 0 heterocycles. The summed E-state index contributed by atoms with van der Waals surface area (Å²) in [5.74, 6) is 0.944. The van der Waals surface area contributed by atoms with Crippen LogP contribution >= 0.6 is 0 Å². The molecule has 0 radical (unpaired) electrons. The Morgan fingerprint density at radius 3 is 2.53 bits per heavy atom. The summed E-state index contributed by atoms with van der Waals surface area (Å²) in [7, 11) is 2.32. The zero-order chi connectivity index (χ0) is 12.1. The number of hydrogen-bond donors (Lipinski definition) is 1. The monoisotopic (exact) mass is 238 g/mol. The van der Waals surface area contributed by atoms with E-state index in [1.165, 1.54) is 64.5 Å². The Morgan fingerprint density at radius 2 is 1.82 bits per heavy atom. The first kappa shape index (κ1) is 13.4. The number of hydrogen-bond acceptors (Lipinski definition) is 2. The lowest BCUT2D eigenvalue weighted by Gasteiger charge is -2.34. The summed E-state index contributed by atoms with van der Waals surface area (Å²) in [5, 5.41) is 3.72. The highest BCUT2D eigenvalue weighted by molar-refractivity contribution is 4.78. The molecule has 0 amide bonds. The number of rotatable bonds is 5. The average molecular weight is 238 g/mol. The van der Waals surface area contributed by atoms with E-state index < -0.39 is 0 Å². The molecule has 0 aliphatic heterocycles. The van der Waals surface area contributed by atoms with Gasteiger partial charge in [0.15, 0.2) is 0 Å². The van der Waals surface area contributed by atoms with Gasteiger partial charge in [-0.25, -0.2) is 0 Å². The van der Waals surface area contributed by atoms with Gasteiger partial charge in [0.2, 0.25) is 0 Å². The van der Waals surface area contributed by atoms with Gasteiger partial charge in [-0.15, -0.1) is 0 Å². The molecular weight excluding hydrogens is 208 g/mol. The van der Waals surface area contributed by atoms with Gasteiger partial charge in [0, 0.05) is 25.2 Å². The van der Waals surface area contributed by atoms with E-state index in [1.807, 2.05) is 0 Å². The van der Waals surface area contributed by atoms with Gasteiger partial charge in [-0.05, 0) is 38.6 Å². The molecule has 0 aromatic heterocycles. The van der Waals surface area contributed by atoms with Gasteiger partial charge in [-0.3, -0.25) is 0 Å². The van der Waals surface area contributed by atoms with E-state index in [9.17, 15) is 0 Å². The predicted octanol–water partition coefficient (Wildman–Crippen LogP) is 3.03. The largest absolute Gasteiger partial charge is 0.313 e. The van der Waals surface area contributed by atoms with Crippen molar-refractivity contribution in [1.82, 2.24) is 10.2 Å². The van der Waals surface area contributed by atoms with Crippen LogP contribution in [-0.2, 0) is 0 Å². The topological polar surface area (TPSA) is 15.3 Å². The van der Waals surface area contributed by atoms with Crippen molar-refractivity contribution in [3.63, 3.8) is 0 Å². The summed E-state index contributed by atoms with van der Waals surface area (Å²) >= 11 is 0. The lowest BCUT2D eigenvalue weighted by Crippen LogP contribution is -2.41. The van der Waals surface area contributed by atoms with Gasteiger partial charge < -0.3 is 10.2 Å². The first-order valence-corrected chi connectivity index (χ1v) is 7.69. The third-order valence-corrected chi connectivity index (χ3v) is 4.78. The highest BCUT2D eigenvalue weighted by Crippen LogP contribution is 2.26.